The zero-order valence-electron chi connectivity index (χ0n) is 31.6. The molecule has 0 heterocycles. The van der Waals surface area contributed by atoms with Crippen LogP contribution in [-0.4, -0.2) is 76.3 Å². The maximum atomic E-state index is 14.3. The van der Waals surface area contributed by atoms with Crippen molar-refractivity contribution in [2.45, 2.75) is 125 Å². The molecule has 0 aliphatic heterocycles. The number of nitrogens with one attached hydrogen (secondary N) is 2. The van der Waals surface area contributed by atoms with Crippen LogP contribution < -0.4 is 10.6 Å². The van der Waals surface area contributed by atoms with Crippen LogP contribution in [0.15, 0.2) is 11.6 Å². The summed E-state index contributed by atoms with van der Waals surface area (Å²) >= 11 is 0. The number of aliphatic hydroxyl groups is 1. The average Bonchev–Trinajstić information content (AvgIpc) is 3.02. The number of carbonyl (C=O) groups excluding carboxylic acids is 2. The molecular weight excluding hydrogens is 604 g/mol. The van der Waals surface area contributed by atoms with E-state index in [2.05, 4.69) is 65.2 Å². The third-order valence-electron chi connectivity index (χ3n) is 15.1. The van der Waals surface area contributed by atoms with Crippen LogP contribution in [0.3, 0.4) is 0 Å². The van der Waals surface area contributed by atoms with Crippen molar-refractivity contribution in [1.29, 1.82) is 0 Å². The number of aliphatic hydroxyl groups excluding tert-OH is 1. The SMILES string of the molecule is COCCOCCOCC(=O)NCCCNC(=O)[C@]12CCC(C)(C)C[C@H]1C1=CC[C@@H]3[C@@]4(C)CC[C@H](O)C(C)(C)[C@@H]4CC[C@@]3(C)[C@]1(C)CC2. The Morgan fingerprint density at radius 3 is 2.27 bits per heavy atom. The number of fused-ring (bicyclic) bond motifs is 7. The lowest BCUT2D eigenvalue weighted by Crippen LogP contribution is -2.65. The summed E-state index contributed by atoms with van der Waals surface area (Å²) in [5.74, 6) is 1.47. The van der Waals surface area contributed by atoms with Crippen molar-refractivity contribution in [2.75, 3.05) is 53.2 Å². The Morgan fingerprint density at radius 1 is 0.833 bits per heavy atom. The predicted octanol–water partition coefficient (Wildman–Crippen LogP) is 6.45. The number of amides is 2. The van der Waals surface area contributed by atoms with Crippen molar-refractivity contribution < 1.29 is 28.9 Å². The maximum absolute atomic E-state index is 14.3. The molecule has 274 valence electrons. The smallest absolute Gasteiger partial charge is 0.246 e. The van der Waals surface area contributed by atoms with E-state index in [1.165, 1.54) is 12.8 Å². The van der Waals surface area contributed by atoms with E-state index >= 15 is 0 Å². The summed E-state index contributed by atoms with van der Waals surface area (Å²) in [5.41, 5.74) is 1.87. The van der Waals surface area contributed by atoms with E-state index in [0.29, 0.717) is 57.8 Å². The summed E-state index contributed by atoms with van der Waals surface area (Å²) in [5, 5.41) is 17.3. The number of methoxy groups -OCH3 is 1. The van der Waals surface area contributed by atoms with E-state index in [4.69, 9.17) is 14.2 Å². The molecule has 8 atom stereocenters. The molecule has 4 saturated carbocycles. The standard InChI is InChI=1S/C40H68N2O6/c1-35(2)16-18-40(34(45)42-21-9-20-41-33(44)27-48-25-24-47-23-22-46-8)19-17-38(6)28(29(40)26-35)10-11-31-37(5)14-13-32(43)36(3,4)30(37)12-15-39(31,38)7/h10,29-32,43H,9,11-27H2,1-8H3,(H,41,44)(H,42,45)/t29-,30-,31+,32-,37-,38+,39+,40-/m0/s1. The number of rotatable bonds is 13. The van der Waals surface area contributed by atoms with Gasteiger partial charge in [-0.3, -0.25) is 9.59 Å². The fourth-order valence-electron chi connectivity index (χ4n) is 11.9. The lowest BCUT2D eigenvalue weighted by atomic mass is 9.33. The summed E-state index contributed by atoms with van der Waals surface area (Å²) in [6.07, 6.45) is 13.7. The van der Waals surface area contributed by atoms with Crippen molar-refractivity contribution in [1.82, 2.24) is 10.6 Å². The molecule has 3 N–H and O–H groups in total. The first kappa shape index (κ1) is 37.8. The third kappa shape index (κ3) is 6.66. The minimum Gasteiger partial charge on any atom is -0.393 e. The molecule has 0 bridgehead atoms. The zero-order valence-corrected chi connectivity index (χ0v) is 31.6. The van der Waals surface area contributed by atoms with Gasteiger partial charge in [0.2, 0.25) is 11.8 Å². The lowest BCUT2D eigenvalue weighted by Gasteiger charge is -2.71. The van der Waals surface area contributed by atoms with Gasteiger partial charge in [-0.1, -0.05) is 60.1 Å². The van der Waals surface area contributed by atoms with Gasteiger partial charge < -0.3 is 30.0 Å². The second kappa shape index (κ2) is 14.3. The molecule has 2 amide bonds. The Labute approximate surface area is 291 Å². The minimum absolute atomic E-state index is 0.00769. The minimum atomic E-state index is -0.357. The van der Waals surface area contributed by atoms with Crippen molar-refractivity contribution in [3.63, 3.8) is 0 Å². The highest BCUT2D eigenvalue weighted by Crippen LogP contribution is 2.75. The monoisotopic (exact) mass is 673 g/mol. The van der Waals surface area contributed by atoms with Crippen LogP contribution in [0.25, 0.3) is 0 Å². The van der Waals surface area contributed by atoms with Gasteiger partial charge in [-0.05, 0) is 115 Å². The quantitative estimate of drug-likeness (QED) is 0.153. The lowest BCUT2D eigenvalue weighted by molar-refractivity contribution is -0.203. The van der Waals surface area contributed by atoms with Crippen molar-refractivity contribution in [2.24, 2.45) is 50.2 Å². The second-order valence-corrected chi connectivity index (χ2v) is 18.4. The maximum Gasteiger partial charge on any atom is 0.246 e. The molecule has 0 radical (unpaired) electrons. The summed E-state index contributed by atoms with van der Waals surface area (Å²) in [7, 11) is 1.63. The van der Waals surface area contributed by atoms with E-state index in [0.717, 1.165) is 51.4 Å². The van der Waals surface area contributed by atoms with E-state index in [-0.39, 0.29) is 62.9 Å². The highest BCUT2D eigenvalue weighted by atomic mass is 16.5. The van der Waals surface area contributed by atoms with Gasteiger partial charge >= 0.3 is 0 Å². The number of ether oxygens (including phenoxy) is 3. The van der Waals surface area contributed by atoms with Crippen LogP contribution in [0.4, 0.5) is 0 Å². The van der Waals surface area contributed by atoms with Gasteiger partial charge in [0.25, 0.3) is 0 Å². The first-order chi connectivity index (χ1) is 22.6. The van der Waals surface area contributed by atoms with E-state index in [1.807, 2.05) is 0 Å². The third-order valence-corrected chi connectivity index (χ3v) is 15.1. The van der Waals surface area contributed by atoms with Crippen LogP contribution in [0.2, 0.25) is 0 Å². The van der Waals surface area contributed by atoms with Gasteiger partial charge in [-0.15, -0.1) is 0 Å². The molecule has 48 heavy (non-hydrogen) atoms. The normalized spacial score (nSPS) is 39.6. The zero-order chi connectivity index (χ0) is 35.0. The molecule has 5 rings (SSSR count). The Bertz CT molecular complexity index is 1200. The summed E-state index contributed by atoms with van der Waals surface area (Å²) in [6.45, 7) is 20.1. The molecule has 0 unspecified atom stereocenters. The highest BCUT2D eigenvalue weighted by Gasteiger charge is 2.69. The van der Waals surface area contributed by atoms with Crippen molar-refractivity contribution >= 4 is 11.8 Å². The molecule has 4 fully saturated rings. The van der Waals surface area contributed by atoms with E-state index in [9.17, 15) is 14.7 Å². The van der Waals surface area contributed by atoms with Crippen LogP contribution in [0.1, 0.15) is 119 Å². The largest absolute Gasteiger partial charge is 0.393 e. The molecular formula is C40H68N2O6. The van der Waals surface area contributed by atoms with Gasteiger partial charge in [0.1, 0.15) is 6.61 Å². The molecule has 8 nitrogen and oxygen atoms in total. The Morgan fingerprint density at radius 2 is 1.52 bits per heavy atom. The van der Waals surface area contributed by atoms with Crippen LogP contribution >= 0.6 is 0 Å². The topological polar surface area (TPSA) is 106 Å². The van der Waals surface area contributed by atoms with E-state index in [1.54, 1.807) is 12.7 Å². The van der Waals surface area contributed by atoms with Gasteiger partial charge in [-0.2, -0.15) is 0 Å². The number of hydrogen-bond acceptors (Lipinski definition) is 6. The number of carbonyl (C=O) groups is 2. The molecule has 0 saturated heterocycles. The number of hydrogen-bond donors (Lipinski definition) is 3. The summed E-state index contributed by atoms with van der Waals surface area (Å²) in [6, 6.07) is 0. The Kier molecular flexibility index (Phi) is 11.2. The van der Waals surface area contributed by atoms with Gasteiger partial charge in [0, 0.05) is 20.2 Å². The Balaban J connectivity index is 1.23. The predicted molar refractivity (Wildman–Crippen MR) is 189 cm³/mol. The molecule has 0 aromatic rings. The molecule has 0 aromatic heterocycles. The fourth-order valence-corrected chi connectivity index (χ4v) is 11.9. The molecule has 8 heteroatoms. The summed E-state index contributed by atoms with van der Waals surface area (Å²) in [4.78, 5) is 26.5. The van der Waals surface area contributed by atoms with Gasteiger partial charge in [-0.25, -0.2) is 0 Å². The van der Waals surface area contributed by atoms with Crippen LogP contribution in [0, 0.1) is 50.2 Å². The molecule has 5 aliphatic rings. The average molecular weight is 673 g/mol. The van der Waals surface area contributed by atoms with Gasteiger partial charge in [0.15, 0.2) is 0 Å². The van der Waals surface area contributed by atoms with E-state index < -0.39 is 0 Å². The highest BCUT2D eigenvalue weighted by molar-refractivity contribution is 5.84. The molecule has 5 aliphatic carbocycles. The van der Waals surface area contributed by atoms with Crippen molar-refractivity contribution in [3.8, 4) is 0 Å². The first-order valence-corrected chi connectivity index (χ1v) is 19.2. The second-order valence-electron chi connectivity index (χ2n) is 18.4. The number of allylic oxidation sites excluding steroid dienone is 2. The van der Waals surface area contributed by atoms with Crippen LogP contribution in [0.5, 0.6) is 0 Å². The van der Waals surface area contributed by atoms with Gasteiger partial charge in [0.05, 0.1) is 37.9 Å². The molecule has 0 spiro atoms. The fraction of sp³-hybridized carbons (Fsp3) is 0.900. The molecule has 0 aromatic carbocycles. The first-order valence-electron chi connectivity index (χ1n) is 19.2. The Hall–Kier alpha value is -1.48. The van der Waals surface area contributed by atoms with Crippen LogP contribution in [-0.2, 0) is 23.8 Å². The van der Waals surface area contributed by atoms with Crippen molar-refractivity contribution in [3.05, 3.63) is 11.6 Å². The summed E-state index contributed by atoms with van der Waals surface area (Å²) < 4.78 is 15.7.